The summed E-state index contributed by atoms with van der Waals surface area (Å²) in [7, 11) is 0. The molecule has 0 aliphatic heterocycles. The first kappa shape index (κ1) is 21.3. The monoisotopic (exact) mass is 471 g/mol. The van der Waals surface area contributed by atoms with Crippen molar-refractivity contribution in [3.63, 3.8) is 0 Å². The van der Waals surface area contributed by atoms with Crippen LogP contribution in [0.2, 0.25) is 0 Å². The van der Waals surface area contributed by atoms with Crippen molar-refractivity contribution in [1.29, 1.82) is 0 Å². The standard InChI is InChI=1S/C23H23BrN2O2S/c1-23(2,3)16-10-12-26(13-11-16)20(21(27)18-8-4-5-9-19(18)24)22(29)25-15-17-7-6-14-28-17/h4-14H,15H2,1-3H3,(H-,25,27,29)/p+1. The number of rotatable bonds is 5. The molecule has 0 unspecified atom stereocenters. The predicted octanol–water partition coefficient (Wildman–Crippen LogP) is 5.63. The Hall–Kier alpha value is -2.44. The Morgan fingerprint density at radius 2 is 1.79 bits per heavy atom. The zero-order valence-electron chi connectivity index (χ0n) is 16.6. The highest BCUT2D eigenvalue weighted by atomic mass is 79.9. The number of hydrogen-bond donors (Lipinski definition) is 2. The van der Waals surface area contributed by atoms with E-state index in [2.05, 4.69) is 42.0 Å². The first-order chi connectivity index (χ1) is 13.8. The molecule has 150 valence electrons. The molecule has 0 saturated carbocycles. The van der Waals surface area contributed by atoms with Gasteiger partial charge in [-0.05, 0) is 35.2 Å². The molecular formula is C23H24BrN2O2S+. The molecule has 0 spiro atoms. The molecule has 29 heavy (non-hydrogen) atoms. The first-order valence-corrected chi connectivity index (χ1v) is 10.5. The molecule has 6 heteroatoms. The summed E-state index contributed by atoms with van der Waals surface area (Å²) in [5.41, 5.74) is 2.39. The topological polar surface area (TPSA) is 49.3 Å². The van der Waals surface area contributed by atoms with E-state index in [4.69, 9.17) is 16.6 Å². The highest BCUT2D eigenvalue weighted by Crippen LogP contribution is 2.26. The van der Waals surface area contributed by atoms with E-state index < -0.39 is 0 Å². The predicted molar refractivity (Wildman–Crippen MR) is 123 cm³/mol. The van der Waals surface area contributed by atoms with Gasteiger partial charge in [0.15, 0.2) is 23.1 Å². The van der Waals surface area contributed by atoms with Gasteiger partial charge in [0.2, 0.25) is 0 Å². The van der Waals surface area contributed by atoms with E-state index in [1.165, 1.54) is 5.56 Å². The van der Waals surface area contributed by atoms with E-state index in [0.29, 0.717) is 22.8 Å². The Morgan fingerprint density at radius 3 is 2.38 bits per heavy atom. The second-order valence-corrected chi connectivity index (χ2v) is 8.95. The zero-order chi connectivity index (χ0) is 21.0. The number of benzene rings is 1. The maximum Gasteiger partial charge on any atom is 0.288 e. The number of aliphatic hydroxyl groups excluding tert-OH is 1. The number of aromatic nitrogens is 1. The molecule has 4 nitrogen and oxygen atoms in total. The average molecular weight is 472 g/mol. The summed E-state index contributed by atoms with van der Waals surface area (Å²) in [4.78, 5) is 0.420. The third kappa shape index (κ3) is 5.14. The Bertz CT molecular complexity index is 1020. The summed E-state index contributed by atoms with van der Waals surface area (Å²) in [5.74, 6) is 0.850. The second-order valence-electron chi connectivity index (χ2n) is 7.68. The fraction of sp³-hybridized carbons (Fsp3) is 0.217. The van der Waals surface area contributed by atoms with Gasteiger partial charge in [0.25, 0.3) is 5.70 Å². The van der Waals surface area contributed by atoms with Crippen LogP contribution in [0.4, 0.5) is 0 Å². The molecule has 2 heterocycles. The summed E-state index contributed by atoms with van der Waals surface area (Å²) >= 11 is 9.16. The van der Waals surface area contributed by atoms with Gasteiger partial charge in [0.1, 0.15) is 5.76 Å². The van der Waals surface area contributed by atoms with Gasteiger partial charge < -0.3 is 14.8 Å². The molecule has 0 amide bonds. The van der Waals surface area contributed by atoms with Gasteiger partial charge in [-0.15, -0.1) is 0 Å². The third-order valence-electron chi connectivity index (χ3n) is 4.53. The van der Waals surface area contributed by atoms with Crippen LogP contribution >= 0.6 is 28.1 Å². The minimum Gasteiger partial charge on any atom is -0.502 e. The quantitative estimate of drug-likeness (QED) is 0.219. The Balaban J connectivity index is 2.02. The van der Waals surface area contributed by atoms with Crippen LogP contribution in [0.5, 0.6) is 0 Å². The number of pyridine rings is 1. The van der Waals surface area contributed by atoms with Crippen molar-refractivity contribution in [3.8, 4) is 0 Å². The van der Waals surface area contributed by atoms with Crippen molar-refractivity contribution >= 4 is 44.6 Å². The van der Waals surface area contributed by atoms with E-state index in [1.807, 2.05) is 65.5 Å². The molecule has 0 radical (unpaired) electrons. The largest absolute Gasteiger partial charge is 0.502 e. The molecule has 0 fully saturated rings. The van der Waals surface area contributed by atoms with E-state index >= 15 is 0 Å². The molecular weight excluding hydrogens is 448 g/mol. The third-order valence-corrected chi connectivity index (χ3v) is 5.55. The lowest BCUT2D eigenvalue weighted by molar-refractivity contribution is -0.576. The van der Waals surface area contributed by atoms with Crippen molar-refractivity contribution in [2.24, 2.45) is 0 Å². The summed E-state index contributed by atoms with van der Waals surface area (Å²) in [6.45, 7) is 6.92. The summed E-state index contributed by atoms with van der Waals surface area (Å²) in [5, 5.41) is 14.3. The van der Waals surface area contributed by atoms with Gasteiger partial charge in [0.05, 0.1) is 12.8 Å². The highest BCUT2D eigenvalue weighted by Gasteiger charge is 2.25. The molecule has 0 saturated heterocycles. The van der Waals surface area contributed by atoms with Gasteiger partial charge in [0, 0.05) is 22.2 Å². The maximum atomic E-state index is 11.1. The number of halogens is 1. The number of hydrogen-bond acceptors (Lipinski definition) is 3. The lowest BCUT2D eigenvalue weighted by Gasteiger charge is -2.18. The van der Waals surface area contributed by atoms with Gasteiger partial charge >= 0.3 is 0 Å². The molecule has 0 aliphatic rings. The average Bonchev–Trinajstić information content (AvgIpc) is 3.20. The Kier molecular flexibility index (Phi) is 6.55. The van der Waals surface area contributed by atoms with E-state index in [9.17, 15) is 5.11 Å². The van der Waals surface area contributed by atoms with E-state index in [-0.39, 0.29) is 11.2 Å². The summed E-state index contributed by atoms with van der Waals surface area (Å²) in [6, 6.07) is 15.3. The smallest absolute Gasteiger partial charge is 0.288 e. The van der Waals surface area contributed by atoms with Crippen LogP contribution in [0, 0.1) is 0 Å². The molecule has 2 aromatic heterocycles. The minimum absolute atomic E-state index is 0.0333. The van der Waals surface area contributed by atoms with Crippen molar-refractivity contribution < 1.29 is 14.1 Å². The lowest BCUT2D eigenvalue weighted by atomic mass is 9.88. The van der Waals surface area contributed by atoms with Crippen molar-refractivity contribution in [2.45, 2.75) is 32.7 Å². The number of nitrogens with zero attached hydrogens (tertiary/aromatic N) is 1. The SMILES string of the molecule is CC(C)(C)c1cc[n+](/C(C(=S)NCc2ccco2)=C(/O)c2ccccc2Br)cc1. The second kappa shape index (κ2) is 8.93. The minimum atomic E-state index is 0.0333. The van der Waals surface area contributed by atoms with Crippen LogP contribution in [-0.4, -0.2) is 10.1 Å². The number of aliphatic hydroxyl groups is 1. The van der Waals surface area contributed by atoms with Gasteiger partial charge in [-0.1, -0.05) is 61.1 Å². The van der Waals surface area contributed by atoms with Crippen LogP contribution in [0.1, 0.15) is 37.7 Å². The fourth-order valence-electron chi connectivity index (χ4n) is 2.87. The first-order valence-electron chi connectivity index (χ1n) is 9.28. The molecule has 0 bridgehead atoms. The zero-order valence-corrected chi connectivity index (χ0v) is 19.0. The summed E-state index contributed by atoms with van der Waals surface area (Å²) < 4.78 is 7.99. The molecule has 3 rings (SSSR count). The van der Waals surface area contributed by atoms with Gasteiger partial charge in [-0.25, -0.2) is 0 Å². The highest BCUT2D eigenvalue weighted by molar-refractivity contribution is 9.10. The van der Waals surface area contributed by atoms with Crippen LogP contribution in [0.3, 0.4) is 0 Å². The van der Waals surface area contributed by atoms with Crippen LogP contribution in [-0.2, 0) is 12.0 Å². The van der Waals surface area contributed by atoms with Crippen molar-refractivity contribution in [2.75, 3.05) is 0 Å². The van der Waals surface area contributed by atoms with Crippen molar-refractivity contribution in [3.05, 3.63) is 88.5 Å². The van der Waals surface area contributed by atoms with E-state index in [0.717, 1.165) is 10.2 Å². The van der Waals surface area contributed by atoms with Gasteiger partial charge in [-0.2, -0.15) is 4.57 Å². The van der Waals surface area contributed by atoms with Crippen LogP contribution < -0.4 is 9.88 Å². The molecule has 3 aromatic rings. The molecule has 2 N–H and O–H groups in total. The maximum absolute atomic E-state index is 11.1. The van der Waals surface area contributed by atoms with E-state index in [1.54, 1.807) is 6.26 Å². The summed E-state index contributed by atoms with van der Waals surface area (Å²) in [6.07, 6.45) is 5.46. The van der Waals surface area contributed by atoms with Gasteiger partial charge in [-0.3, -0.25) is 0 Å². The molecule has 0 aliphatic carbocycles. The normalized spacial score (nSPS) is 12.4. The lowest BCUT2D eigenvalue weighted by Crippen LogP contribution is -2.41. The van der Waals surface area contributed by atoms with Crippen molar-refractivity contribution in [1.82, 2.24) is 5.32 Å². The number of thiocarbonyl (C=S) groups is 1. The Morgan fingerprint density at radius 1 is 1.10 bits per heavy atom. The molecule has 1 aromatic carbocycles. The molecule has 0 atom stereocenters. The van der Waals surface area contributed by atoms with Crippen LogP contribution in [0.25, 0.3) is 11.5 Å². The Labute approximate surface area is 185 Å². The fourth-order valence-corrected chi connectivity index (χ4v) is 3.61. The number of nitrogens with one attached hydrogen (secondary N) is 1. The number of furan rings is 1. The van der Waals surface area contributed by atoms with Crippen LogP contribution in [0.15, 0.2) is 76.1 Å².